The maximum atomic E-state index is 13.3. The molecule has 2 N–H and O–H groups in total. The monoisotopic (exact) mass is 389 g/mol. The summed E-state index contributed by atoms with van der Waals surface area (Å²) >= 11 is 1.23. The van der Waals surface area contributed by atoms with Crippen LogP contribution in [0.25, 0.3) is 0 Å². The van der Waals surface area contributed by atoms with Crippen molar-refractivity contribution in [2.24, 2.45) is 0 Å². The van der Waals surface area contributed by atoms with Gasteiger partial charge in [-0.2, -0.15) is 0 Å². The van der Waals surface area contributed by atoms with E-state index in [0.717, 1.165) is 25.2 Å². The van der Waals surface area contributed by atoms with Crippen LogP contribution in [0.2, 0.25) is 0 Å². The number of aryl methyl sites for hydroxylation is 1. The molecule has 0 atom stereocenters. The first-order valence-corrected chi connectivity index (χ1v) is 10.0. The van der Waals surface area contributed by atoms with Gasteiger partial charge in [0, 0.05) is 18.7 Å². The van der Waals surface area contributed by atoms with Gasteiger partial charge in [-0.15, -0.1) is 11.3 Å². The van der Waals surface area contributed by atoms with Gasteiger partial charge in [0.05, 0.1) is 9.88 Å². The number of nitrogens with one attached hydrogen (secondary N) is 2. The third kappa shape index (κ3) is 5.37. The SMILES string of the molecule is Cc1cc(NC(=O)c2cccc(F)c2)sc1C(=O)NCCN1CCCCC1. The van der Waals surface area contributed by atoms with Crippen molar-refractivity contribution in [3.8, 4) is 0 Å². The zero-order chi connectivity index (χ0) is 19.2. The summed E-state index contributed by atoms with van der Waals surface area (Å²) in [6.07, 6.45) is 3.75. The summed E-state index contributed by atoms with van der Waals surface area (Å²) < 4.78 is 13.3. The number of benzene rings is 1. The molecule has 1 saturated heterocycles. The minimum atomic E-state index is -0.459. The number of carbonyl (C=O) groups excluding carboxylic acids is 2. The number of thiophene rings is 1. The summed E-state index contributed by atoms with van der Waals surface area (Å²) in [7, 11) is 0. The van der Waals surface area contributed by atoms with Gasteiger partial charge in [0.15, 0.2) is 0 Å². The lowest BCUT2D eigenvalue weighted by Gasteiger charge is -2.26. The fourth-order valence-corrected chi connectivity index (χ4v) is 4.16. The first-order chi connectivity index (χ1) is 13.0. The average molecular weight is 389 g/mol. The maximum absolute atomic E-state index is 13.3. The Hall–Kier alpha value is -2.25. The molecule has 1 aromatic heterocycles. The summed E-state index contributed by atoms with van der Waals surface area (Å²) in [6.45, 7) is 5.52. The van der Waals surface area contributed by atoms with Gasteiger partial charge in [0.2, 0.25) is 0 Å². The van der Waals surface area contributed by atoms with Crippen LogP contribution in [0.3, 0.4) is 0 Å². The van der Waals surface area contributed by atoms with Crippen molar-refractivity contribution in [2.75, 3.05) is 31.5 Å². The van der Waals surface area contributed by atoms with E-state index in [1.165, 1.54) is 48.8 Å². The Kier molecular flexibility index (Phi) is 6.58. The molecule has 7 heteroatoms. The Morgan fingerprint density at radius 2 is 1.93 bits per heavy atom. The number of anilines is 1. The number of nitrogens with zero attached hydrogens (tertiary/aromatic N) is 1. The molecule has 2 heterocycles. The number of hydrogen-bond acceptors (Lipinski definition) is 4. The zero-order valence-corrected chi connectivity index (χ0v) is 16.2. The highest BCUT2D eigenvalue weighted by Gasteiger charge is 2.16. The van der Waals surface area contributed by atoms with E-state index in [1.807, 2.05) is 6.92 Å². The molecule has 5 nitrogen and oxygen atoms in total. The lowest BCUT2D eigenvalue weighted by molar-refractivity contribution is 0.0949. The zero-order valence-electron chi connectivity index (χ0n) is 15.4. The molecule has 1 aromatic carbocycles. The maximum Gasteiger partial charge on any atom is 0.261 e. The molecule has 0 unspecified atom stereocenters. The van der Waals surface area contributed by atoms with E-state index in [2.05, 4.69) is 15.5 Å². The molecule has 2 amide bonds. The first kappa shape index (κ1) is 19.5. The summed E-state index contributed by atoms with van der Waals surface area (Å²) in [5.41, 5.74) is 1.05. The van der Waals surface area contributed by atoms with Crippen molar-refractivity contribution in [3.63, 3.8) is 0 Å². The highest BCUT2D eigenvalue weighted by molar-refractivity contribution is 7.18. The van der Waals surface area contributed by atoms with Crippen LogP contribution in [0.15, 0.2) is 30.3 Å². The fourth-order valence-electron chi connectivity index (χ4n) is 3.17. The van der Waals surface area contributed by atoms with Gasteiger partial charge in [-0.3, -0.25) is 9.59 Å². The molecular formula is C20H24FN3O2S. The summed E-state index contributed by atoms with van der Waals surface area (Å²) in [5, 5.41) is 6.27. The van der Waals surface area contributed by atoms with E-state index in [4.69, 9.17) is 0 Å². The molecule has 3 rings (SSSR count). The van der Waals surface area contributed by atoms with E-state index in [-0.39, 0.29) is 11.5 Å². The van der Waals surface area contributed by atoms with Crippen molar-refractivity contribution in [3.05, 3.63) is 52.2 Å². The van der Waals surface area contributed by atoms with E-state index in [1.54, 1.807) is 12.1 Å². The Balaban J connectivity index is 1.55. The van der Waals surface area contributed by atoms with E-state index < -0.39 is 11.7 Å². The topological polar surface area (TPSA) is 61.4 Å². The van der Waals surface area contributed by atoms with Crippen molar-refractivity contribution < 1.29 is 14.0 Å². The number of likely N-dealkylation sites (tertiary alicyclic amines) is 1. The molecule has 0 saturated carbocycles. The molecular weight excluding hydrogens is 365 g/mol. The van der Waals surface area contributed by atoms with Crippen LogP contribution in [0.5, 0.6) is 0 Å². The second-order valence-electron chi connectivity index (χ2n) is 6.75. The van der Waals surface area contributed by atoms with Crippen molar-refractivity contribution in [2.45, 2.75) is 26.2 Å². The molecule has 0 bridgehead atoms. The quantitative estimate of drug-likeness (QED) is 0.793. The molecule has 2 aromatic rings. The van der Waals surface area contributed by atoms with Crippen LogP contribution >= 0.6 is 11.3 Å². The van der Waals surface area contributed by atoms with E-state index in [9.17, 15) is 14.0 Å². The highest BCUT2D eigenvalue weighted by Crippen LogP contribution is 2.27. The number of amides is 2. The largest absolute Gasteiger partial charge is 0.350 e. The number of hydrogen-bond donors (Lipinski definition) is 2. The van der Waals surface area contributed by atoms with Crippen LogP contribution in [0.1, 0.15) is 44.9 Å². The summed E-state index contributed by atoms with van der Waals surface area (Å²) in [5.74, 6) is -0.979. The van der Waals surface area contributed by atoms with E-state index in [0.29, 0.717) is 16.4 Å². The normalized spacial score (nSPS) is 14.7. The molecule has 0 radical (unpaired) electrons. The van der Waals surface area contributed by atoms with Gasteiger partial charge in [-0.25, -0.2) is 4.39 Å². The number of piperidine rings is 1. The Morgan fingerprint density at radius 3 is 2.67 bits per heavy atom. The third-order valence-electron chi connectivity index (χ3n) is 4.61. The van der Waals surface area contributed by atoms with Gasteiger partial charge in [-0.1, -0.05) is 12.5 Å². The lowest BCUT2D eigenvalue weighted by Crippen LogP contribution is -2.37. The van der Waals surface area contributed by atoms with Gasteiger partial charge in [-0.05, 0) is 62.7 Å². The Labute approximate surface area is 162 Å². The molecule has 144 valence electrons. The van der Waals surface area contributed by atoms with Crippen molar-refractivity contribution in [1.82, 2.24) is 10.2 Å². The number of halogens is 1. The average Bonchev–Trinajstić information content (AvgIpc) is 3.02. The first-order valence-electron chi connectivity index (χ1n) is 9.21. The molecule has 1 aliphatic rings. The van der Waals surface area contributed by atoms with Crippen LogP contribution in [-0.4, -0.2) is 42.9 Å². The minimum absolute atomic E-state index is 0.124. The van der Waals surface area contributed by atoms with Crippen molar-refractivity contribution in [1.29, 1.82) is 0 Å². The van der Waals surface area contributed by atoms with Crippen LogP contribution in [0.4, 0.5) is 9.39 Å². The van der Waals surface area contributed by atoms with Crippen LogP contribution < -0.4 is 10.6 Å². The molecule has 1 fully saturated rings. The molecule has 27 heavy (non-hydrogen) atoms. The van der Waals surface area contributed by atoms with Crippen molar-refractivity contribution >= 4 is 28.2 Å². The van der Waals surface area contributed by atoms with Gasteiger partial charge in [0.1, 0.15) is 5.82 Å². The van der Waals surface area contributed by atoms with Gasteiger partial charge < -0.3 is 15.5 Å². The van der Waals surface area contributed by atoms with Gasteiger partial charge in [0.25, 0.3) is 11.8 Å². The second-order valence-corrected chi connectivity index (χ2v) is 7.80. The fraction of sp³-hybridized carbons (Fsp3) is 0.400. The standard InChI is InChI=1S/C20H24FN3O2S/c1-14-12-17(23-19(25)15-6-5-7-16(21)13-15)27-18(14)20(26)22-8-11-24-9-3-2-4-10-24/h5-7,12-13H,2-4,8-11H2,1H3,(H,22,26)(H,23,25). The van der Waals surface area contributed by atoms with Crippen LogP contribution in [-0.2, 0) is 0 Å². The molecule has 1 aliphatic heterocycles. The smallest absolute Gasteiger partial charge is 0.261 e. The Bertz CT molecular complexity index is 815. The van der Waals surface area contributed by atoms with E-state index >= 15 is 0 Å². The molecule has 0 aliphatic carbocycles. The minimum Gasteiger partial charge on any atom is -0.350 e. The predicted octanol–water partition coefficient (Wildman–Crippen LogP) is 3.66. The number of rotatable bonds is 6. The molecule has 0 spiro atoms. The van der Waals surface area contributed by atoms with Gasteiger partial charge >= 0.3 is 0 Å². The van der Waals surface area contributed by atoms with Crippen LogP contribution in [0, 0.1) is 12.7 Å². The third-order valence-corrected chi connectivity index (χ3v) is 5.76. The number of carbonyl (C=O) groups is 2. The lowest BCUT2D eigenvalue weighted by atomic mass is 10.1. The second kappa shape index (κ2) is 9.10. The Morgan fingerprint density at radius 1 is 1.15 bits per heavy atom. The summed E-state index contributed by atoms with van der Waals surface area (Å²) in [4.78, 5) is 27.6. The summed E-state index contributed by atoms with van der Waals surface area (Å²) in [6, 6.07) is 7.28. The highest BCUT2D eigenvalue weighted by atomic mass is 32.1. The predicted molar refractivity (Wildman–Crippen MR) is 106 cm³/mol.